The minimum atomic E-state index is -2.75. The minimum Gasteiger partial charge on any atom is -0.460 e. The molecule has 0 aromatic heterocycles. The Morgan fingerprint density at radius 1 is 0.880 bits per heavy atom. The molecule has 1 rings (SSSR count). The third-order valence-electron chi connectivity index (χ3n) is 4.46. The zero-order valence-corrected chi connectivity index (χ0v) is 17.2. The highest BCUT2D eigenvalue weighted by molar-refractivity contribution is 7.91. The highest BCUT2D eigenvalue weighted by Gasteiger charge is 2.20. The molecule has 25 heavy (non-hydrogen) atoms. The molecule has 1 aliphatic rings. The summed E-state index contributed by atoms with van der Waals surface area (Å²) < 4.78 is 28.0. The smallest absolute Gasteiger partial charge is 0.306 e. The van der Waals surface area contributed by atoms with Gasteiger partial charge in [0, 0.05) is 19.5 Å². The van der Waals surface area contributed by atoms with Crippen molar-refractivity contribution in [2.75, 3.05) is 31.1 Å². The van der Waals surface area contributed by atoms with E-state index < -0.39 is 9.84 Å². The predicted molar refractivity (Wildman–Crippen MR) is 102 cm³/mol. The van der Waals surface area contributed by atoms with Crippen LogP contribution in [0.2, 0.25) is 0 Å². The van der Waals surface area contributed by atoms with E-state index in [-0.39, 0.29) is 11.6 Å². The molecular formula is C19H37NO4S. The van der Waals surface area contributed by atoms with E-state index in [9.17, 15) is 13.2 Å². The molecule has 0 aromatic carbocycles. The number of hydrogen-bond donors (Lipinski definition) is 0. The zero-order valence-electron chi connectivity index (χ0n) is 16.4. The number of carbonyl (C=O) groups excluding carboxylic acids is 1. The quantitative estimate of drug-likeness (QED) is 0.408. The van der Waals surface area contributed by atoms with Crippen molar-refractivity contribution < 1.29 is 17.9 Å². The highest BCUT2D eigenvalue weighted by atomic mass is 32.2. The molecule has 0 aromatic rings. The lowest BCUT2D eigenvalue weighted by atomic mass is 10.1. The Hall–Kier alpha value is -0.620. The summed E-state index contributed by atoms with van der Waals surface area (Å²) in [4.78, 5) is 13.8. The molecule has 0 amide bonds. The van der Waals surface area contributed by atoms with Gasteiger partial charge in [0.15, 0.2) is 9.84 Å². The van der Waals surface area contributed by atoms with Crippen LogP contribution >= 0.6 is 0 Å². The van der Waals surface area contributed by atoms with Crippen molar-refractivity contribution in [3.05, 3.63) is 0 Å². The Labute approximate surface area is 154 Å². The van der Waals surface area contributed by atoms with E-state index in [1.54, 1.807) is 0 Å². The van der Waals surface area contributed by atoms with Gasteiger partial charge < -0.3 is 9.64 Å². The first-order chi connectivity index (χ1) is 11.7. The molecule has 0 saturated carbocycles. The van der Waals surface area contributed by atoms with E-state index in [4.69, 9.17) is 4.74 Å². The lowest BCUT2D eigenvalue weighted by Gasteiger charge is -2.26. The zero-order chi connectivity index (χ0) is 18.8. The summed E-state index contributed by atoms with van der Waals surface area (Å²) in [6.07, 6.45) is 9.86. The number of unbranched alkanes of at least 4 members (excludes halogenated alkanes) is 7. The lowest BCUT2D eigenvalue weighted by Crippen LogP contribution is -2.40. The standard InChI is InChI=1S/C19H37NO4S/c1-19(2,3)24-18(21)12-10-8-6-4-5-7-9-11-13-20-14-16-25(22,23)17-15-20/h4-17H2,1-3H3. The van der Waals surface area contributed by atoms with Gasteiger partial charge in [-0.3, -0.25) is 4.79 Å². The van der Waals surface area contributed by atoms with Crippen LogP contribution in [0.15, 0.2) is 0 Å². The largest absolute Gasteiger partial charge is 0.460 e. The molecule has 148 valence electrons. The van der Waals surface area contributed by atoms with Crippen molar-refractivity contribution in [2.45, 2.75) is 84.2 Å². The van der Waals surface area contributed by atoms with E-state index >= 15 is 0 Å². The van der Waals surface area contributed by atoms with Gasteiger partial charge in [-0.1, -0.05) is 38.5 Å². The fourth-order valence-corrected chi connectivity index (χ4v) is 4.31. The summed E-state index contributed by atoms with van der Waals surface area (Å²) in [7, 11) is -2.75. The van der Waals surface area contributed by atoms with Crippen molar-refractivity contribution >= 4 is 15.8 Å². The van der Waals surface area contributed by atoms with Crippen LogP contribution < -0.4 is 0 Å². The molecule has 0 atom stereocenters. The minimum absolute atomic E-state index is 0.0852. The number of rotatable bonds is 11. The van der Waals surface area contributed by atoms with Gasteiger partial charge in [-0.2, -0.15) is 0 Å². The van der Waals surface area contributed by atoms with Gasteiger partial charge in [0.25, 0.3) is 0 Å². The topological polar surface area (TPSA) is 63.7 Å². The number of hydrogen-bond acceptors (Lipinski definition) is 5. The van der Waals surface area contributed by atoms with Gasteiger partial charge >= 0.3 is 5.97 Å². The summed E-state index contributed by atoms with van der Waals surface area (Å²) in [6, 6.07) is 0. The van der Waals surface area contributed by atoms with Crippen LogP contribution in [0, 0.1) is 0 Å². The average Bonchev–Trinajstić information content (AvgIpc) is 2.48. The van der Waals surface area contributed by atoms with Crippen molar-refractivity contribution in [2.24, 2.45) is 0 Å². The van der Waals surface area contributed by atoms with Crippen LogP contribution in [0.3, 0.4) is 0 Å². The molecule has 5 nitrogen and oxygen atoms in total. The first kappa shape index (κ1) is 22.4. The molecule has 0 bridgehead atoms. The Balaban J connectivity index is 1.86. The van der Waals surface area contributed by atoms with Gasteiger partial charge in [-0.25, -0.2) is 8.42 Å². The molecule has 0 aliphatic carbocycles. The monoisotopic (exact) mass is 375 g/mol. The lowest BCUT2D eigenvalue weighted by molar-refractivity contribution is -0.154. The molecule has 0 unspecified atom stereocenters. The molecule has 6 heteroatoms. The molecule has 1 saturated heterocycles. The van der Waals surface area contributed by atoms with E-state index in [1.165, 1.54) is 38.5 Å². The Morgan fingerprint density at radius 2 is 1.36 bits per heavy atom. The maximum absolute atomic E-state index is 11.6. The van der Waals surface area contributed by atoms with Crippen molar-refractivity contribution in [3.8, 4) is 0 Å². The molecule has 0 radical (unpaired) electrons. The second-order valence-electron chi connectivity index (χ2n) is 8.16. The molecule has 1 fully saturated rings. The predicted octanol–water partition coefficient (Wildman–Crippen LogP) is 3.57. The first-order valence-electron chi connectivity index (χ1n) is 9.83. The van der Waals surface area contributed by atoms with Crippen LogP contribution in [0.1, 0.15) is 78.6 Å². The number of sulfone groups is 1. The average molecular weight is 376 g/mol. The maximum Gasteiger partial charge on any atom is 0.306 e. The fourth-order valence-electron chi connectivity index (χ4n) is 3.03. The number of nitrogens with zero attached hydrogens (tertiary/aromatic N) is 1. The maximum atomic E-state index is 11.6. The molecule has 0 spiro atoms. The van der Waals surface area contributed by atoms with Gasteiger partial charge in [-0.15, -0.1) is 0 Å². The van der Waals surface area contributed by atoms with Gasteiger partial charge in [0.1, 0.15) is 5.60 Å². The van der Waals surface area contributed by atoms with Gasteiger partial charge in [0.2, 0.25) is 0 Å². The van der Waals surface area contributed by atoms with E-state index in [0.29, 0.717) is 31.0 Å². The Morgan fingerprint density at radius 3 is 1.88 bits per heavy atom. The highest BCUT2D eigenvalue weighted by Crippen LogP contribution is 2.13. The van der Waals surface area contributed by atoms with Gasteiger partial charge in [-0.05, 0) is 40.2 Å². The summed E-state index contributed by atoms with van der Waals surface area (Å²) in [5.74, 6) is 0.574. The summed E-state index contributed by atoms with van der Waals surface area (Å²) in [6.45, 7) is 8.15. The van der Waals surface area contributed by atoms with Crippen molar-refractivity contribution in [1.29, 1.82) is 0 Å². The summed E-state index contributed by atoms with van der Waals surface area (Å²) in [5.41, 5.74) is -0.375. The number of esters is 1. The van der Waals surface area contributed by atoms with Crippen LogP contribution in [0.4, 0.5) is 0 Å². The van der Waals surface area contributed by atoms with Crippen molar-refractivity contribution in [1.82, 2.24) is 4.90 Å². The number of carbonyl (C=O) groups is 1. The van der Waals surface area contributed by atoms with Crippen LogP contribution in [0.5, 0.6) is 0 Å². The Kier molecular flexibility index (Phi) is 10.0. The Bertz CT molecular complexity index is 468. The van der Waals surface area contributed by atoms with Crippen molar-refractivity contribution in [3.63, 3.8) is 0 Å². The van der Waals surface area contributed by atoms with E-state index in [1.807, 2.05) is 20.8 Å². The van der Waals surface area contributed by atoms with Crippen LogP contribution in [-0.4, -0.2) is 56.0 Å². The first-order valence-corrected chi connectivity index (χ1v) is 11.6. The third kappa shape index (κ3) is 12.4. The third-order valence-corrected chi connectivity index (χ3v) is 6.07. The fraction of sp³-hybridized carbons (Fsp3) is 0.947. The SMILES string of the molecule is CC(C)(C)OC(=O)CCCCCCCCCCN1CCS(=O)(=O)CC1. The van der Waals surface area contributed by atoms with E-state index in [2.05, 4.69) is 4.90 Å². The summed E-state index contributed by atoms with van der Waals surface area (Å²) in [5, 5.41) is 0. The summed E-state index contributed by atoms with van der Waals surface area (Å²) >= 11 is 0. The van der Waals surface area contributed by atoms with Gasteiger partial charge in [0.05, 0.1) is 11.5 Å². The second-order valence-corrected chi connectivity index (χ2v) is 10.5. The molecule has 1 heterocycles. The molecular weight excluding hydrogens is 338 g/mol. The van der Waals surface area contributed by atoms with Crippen LogP contribution in [0.25, 0.3) is 0 Å². The molecule has 0 N–H and O–H groups in total. The van der Waals surface area contributed by atoms with Crippen LogP contribution in [-0.2, 0) is 19.4 Å². The van der Waals surface area contributed by atoms with E-state index in [0.717, 1.165) is 19.4 Å². The normalized spacial score (nSPS) is 18.2. The number of ether oxygens (including phenoxy) is 1. The molecule has 1 aliphatic heterocycles. The second kappa shape index (κ2) is 11.2.